The zero-order valence-corrected chi connectivity index (χ0v) is 11.2. The van der Waals surface area contributed by atoms with E-state index in [0.717, 1.165) is 11.0 Å². The van der Waals surface area contributed by atoms with Gasteiger partial charge >= 0.3 is 6.18 Å². The standard InChI is InChI=1S/C13H14ClF3N2/c1-9(14)12-18-10-5-2-3-6-11(10)19(12)8-4-7-13(15,16)17/h2-3,5-6,9H,4,7-8H2,1H3. The molecule has 0 N–H and O–H groups in total. The zero-order valence-electron chi connectivity index (χ0n) is 10.4. The molecule has 0 amide bonds. The summed E-state index contributed by atoms with van der Waals surface area (Å²) < 4.78 is 38.4. The van der Waals surface area contributed by atoms with Crippen LogP contribution in [0.5, 0.6) is 0 Å². The first kappa shape index (κ1) is 14.2. The van der Waals surface area contributed by atoms with Gasteiger partial charge in [0.05, 0.1) is 16.4 Å². The average molecular weight is 291 g/mol. The second kappa shape index (κ2) is 5.41. The summed E-state index contributed by atoms with van der Waals surface area (Å²) in [6.07, 6.45) is -4.89. The number of fused-ring (bicyclic) bond motifs is 1. The minimum absolute atomic E-state index is 0.0282. The first-order chi connectivity index (χ1) is 8.88. The highest BCUT2D eigenvalue weighted by atomic mass is 35.5. The smallest absolute Gasteiger partial charge is 0.327 e. The van der Waals surface area contributed by atoms with Gasteiger partial charge in [-0.3, -0.25) is 0 Å². The minimum atomic E-state index is -4.12. The lowest BCUT2D eigenvalue weighted by Gasteiger charge is -2.11. The van der Waals surface area contributed by atoms with Gasteiger partial charge in [-0.2, -0.15) is 13.2 Å². The van der Waals surface area contributed by atoms with Gasteiger partial charge in [0.15, 0.2) is 0 Å². The fourth-order valence-electron chi connectivity index (χ4n) is 2.07. The molecule has 2 aromatic rings. The number of aryl methyl sites for hydroxylation is 1. The first-order valence-corrected chi connectivity index (χ1v) is 6.48. The fourth-order valence-corrected chi connectivity index (χ4v) is 2.24. The molecule has 1 aromatic heterocycles. The predicted octanol–water partition coefficient (Wildman–Crippen LogP) is 4.68. The molecular weight excluding hydrogens is 277 g/mol. The number of rotatable bonds is 4. The van der Waals surface area contributed by atoms with E-state index in [-0.39, 0.29) is 18.3 Å². The molecule has 0 aliphatic heterocycles. The number of hydrogen-bond donors (Lipinski definition) is 0. The molecular formula is C13H14ClF3N2. The third-order valence-corrected chi connectivity index (χ3v) is 3.08. The van der Waals surface area contributed by atoms with E-state index in [9.17, 15) is 13.2 Å². The van der Waals surface area contributed by atoms with E-state index < -0.39 is 12.6 Å². The van der Waals surface area contributed by atoms with Gasteiger partial charge in [0.25, 0.3) is 0 Å². The Bertz CT molecular complexity index is 561. The van der Waals surface area contributed by atoms with Crippen LogP contribution in [0.25, 0.3) is 11.0 Å². The molecule has 0 spiro atoms. The largest absolute Gasteiger partial charge is 0.389 e. The molecule has 0 fully saturated rings. The number of benzene rings is 1. The lowest BCUT2D eigenvalue weighted by molar-refractivity contribution is -0.135. The van der Waals surface area contributed by atoms with Crippen molar-refractivity contribution < 1.29 is 13.2 Å². The Morgan fingerprint density at radius 3 is 2.63 bits per heavy atom. The Balaban J connectivity index is 2.27. The number of nitrogens with zero attached hydrogens (tertiary/aromatic N) is 2. The van der Waals surface area contributed by atoms with Crippen molar-refractivity contribution in [3.63, 3.8) is 0 Å². The molecule has 0 bridgehead atoms. The quantitative estimate of drug-likeness (QED) is 0.748. The van der Waals surface area contributed by atoms with Crippen molar-refractivity contribution in [1.82, 2.24) is 9.55 Å². The lowest BCUT2D eigenvalue weighted by atomic mass is 10.2. The van der Waals surface area contributed by atoms with Crippen molar-refractivity contribution in [2.75, 3.05) is 0 Å². The molecule has 0 aliphatic rings. The predicted molar refractivity (Wildman–Crippen MR) is 69.3 cm³/mol. The maximum atomic E-state index is 12.2. The SMILES string of the molecule is CC(Cl)c1nc2ccccc2n1CCCC(F)(F)F. The highest BCUT2D eigenvalue weighted by Crippen LogP contribution is 2.27. The van der Waals surface area contributed by atoms with E-state index in [0.29, 0.717) is 5.82 Å². The molecule has 6 heteroatoms. The molecule has 0 aliphatic carbocycles. The Morgan fingerprint density at radius 1 is 1.32 bits per heavy atom. The van der Waals surface area contributed by atoms with Crippen LogP contribution < -0.4 is 0 Å². The summed E-state index contributed by atoms with van der Waals surface area (Å²) in [4.78, 5) is 4.38. The summed E-state index contributed by atoms with van der Waals surface area (Å²) in [5.74, 6) is 0.616. The Kier molecular flexibility index (Phi) is 4.04. The number of aromatic nitrogens is 2. The summed E-state index contributed by atoms with van der Waals surface area (Å²) in [7, 11) is 0. The van der Waals surface area contributed by atoms with Gasteiger partial charge in [0.1, 0.15) is 5.82 Å². The summed E-state index contributed by atoms with van der Waals surface area (Å²) in [5, 5.41) is -0.335. The highest BCUT2D eigenvalue weighted by molar-refractivity contribution is 6.20. The summed E-state index contributed by atoms with van der Waals surface area (Å²) in [6.45, 7) is 2.04. The Morgan fingerprint density at radius 2 is 2.00 bits per heavy atom. The normalized spacial score (nSPS) is 13.9. The molecule has 2 nitrogen and oxygen atoms in total. The Hall–Kier alpha value is -1.23. The second-order valence-corrected chi connectivity index (χ2v) is 5.10. The average Bonchev–Trinajstić information content (AvgIpc) is 2.67. The van der Waals surface area contributed by atoms with Gasteiger partial charge in [0, 0.05) is 13.0 Å². The molecule has 2 rings (SSSR count). The summed E-state index contributed by atoms with van der Waals surface area (Å²) >= 11 is 6.04. The number of hydrogen-bond acceptors (Lipinski definition) is 1. The van der Waals surface area contributed by atoms with Crippen LogP contribution in [0.3, 0.4) is 0 Å². The van der Waals surface area contributed by atoms with Crippen molar-refractivity contribution in [3.05, 3.63) is 30.1 Å². The fraction of sp³-hybridized carbons (Fsp3) is 0.462. The highest BCUT2D eigenvalue weighted by Gasteiger charge is 2.26. The van der Waals surface area contributed by atoms with Crippen molar-refractivity contribution in [3.8, 4) is 0 Å². The maximum absolute atomic E-state index is 12.2. The molecule has 0 saturated heterocycles. The van der Waals surface area contributed by atoms with Gasteiger partial charge in [-0.15, -0.1) is 11.6 Å². The first-order valence-electron chi connectivity index (χ1n) is 6.04. The zero-order chi connectivity index (χ0) is 14.0. The van der Waals surface area contributed by atoms with Crippen molar-refractivity contribution >= 4 is 22.6 Å². The molecule has 1 unspecified atom stereocenters. The topological polar surface area (TPSA) is 17.8 Å². The number of halogens is 4. The molecule has 1 atom stereocenters. The Labute approximate surface area is 114 Å². The van der Waals surface area contributed by atoms with Crippen LogP contribution in [0, 0.1) is 0 Å². The molecule has 0 saturated carbocycles. The van der Waals surface area contributed by atoms with E-state index in [2.05, 4.69) is 4.98 Å². The van der Waals surface area contributed by atoms with Gasteiger partial charge < -0.3 is 4.57 Å². The maximum Gasteiger partial charge on any atom is 0.389 e. The van der Waals surface area contributed by atoms with Crippen LogP contribution in [0.4, 0.5) is 13.2 Å². The van der Waals surface area contributed by atoms with Crippen LogP contribution in [0.15, 0.2) is 24.3 Å². The molecule has 19 heavy (non-hydrogen) atoms. The number of alkyl halides is 4. The van der Waals surface area contributed by atoms with E-state index in [1.165, 1.54) is 0 Å². The van der Waals surface area contributed by atoms with Crippen LogP contribution in [0.2, 0.25) is 0 Å². The van der Waals surface area contributed by atoms with Crippen LogP contribution in [-0.4, -0.2) is 15.7 Å². The van der Waals surface area contributed by atoms with Gasteiger partial charge in [-0.25, -0.2) is 4.98 Å². The molecule has 0 radical (unpaired) electrons. The lowest BCUT2D eigenvalue weighted by Crippen LogP contribution is -2.11. The monoisotopic (exact) mass is 290 g/mol. The van der Waals surface area contributed by atoms with Crippen molar-refractivity contribution in [2.45, 2.75) is 37.9 Å². The van der Waals surface area contributed by atoms with Crippen LogP contribution in [-0.2, 0) is 6.54 Å². The minimum Gasteiger partial charge on any atom is -0.327 e. The van der Waals surface area contributed by atoms with Gasteiger partial charge in [-0.05, 0) is 25.5 Å². The van der Waals surface area contributed by atoms with Crippen molar-refractivity contribution in [1.29, 1.82) is 0 Å². The molecule has 1 heterocycles. The van der Waals surface area contributed by atoms with Crippen LogP contribution >= 0.6 is 11.6 Å². The number of imidazole rings is 1. The summed E-state index contributed by atoms with van der Waals surface area (Å²) in [5.41, 5.74) is 1.59. The number of para-hydroxylation sites is 2. The van der Waals surface area contributed by atoms with Crippen molar-refractivity contribution in [2.24, 2.45) is 0 Å². The van der Waals surface area contributed by atoms with Crippen LogP contribution in [0.1, 0.15) is 31.0 Å². The third-order valence-electron chi connectivity index (χ3n) is 2.88. The second-order valence-electron chi connectivity index (χ2n) is 4.45. The van der Waals surface area contributed by atoms with E-state index in [4.69, 9.17) is 11.6 Å². The summed E-state index contributed by atoms with van der Waals surface area (Å²) in [6, 6.07) is 7.36. The van der Waals surface area contributed by atoms with Gasteiger partial charge in [-0.1, -0.05) is 12.1 Å². The third kappa shape index (κ3) is 3.41. The van der Waals surface area contributed by atoms with E-state index >= 15 is 0 Å². The van der Waals surface area contributed by atoms with Gasteiger partial charge in [0.2, 0.25) is 0 Å². The van der Waals surface area contributed by atoms with E-state index in [1.807, 2.05) is 24.3 Å². The van der Waals surface area contributed by atoms with E-state index in [1.54, 1.807) is 11.5 Å². The molecule has 1 aromatic carbocycles. The molecule has 104 valence electrons.